The number of halogens is 2. The fraction of sp³-hybridized carbons (Fsp3) is 0.480. The predicted molar refractivity (Wildman–Crippen MR) is 129 cm³/mol. The van der Waals surface area contributed by atoms with Crippen LogP contribution in [-0.4, -0.2) is 39.5 Å². The lowest BCUT2D eigenvalue weighted by molar-refractivity contribution is -0.144. The summed E-state index contributed by atoms with van der Waals surface area (Å²) in [4.78, 5) is 12.6. The van der Waals surface area contributed by atoms with E-state index in [9.17, 15) is 20.1 Å². The Morgan fingerprint density at radius 3 is 2.44 bits per heavy atom. The Labute approximate surface area is 202 Å². The molecule has 1 amide bonds. The smallest absolute Gasteiger partial charge is 0.252 e. The third-order valence-corrected chi connectivity index (χ3v) is 7.22. The molecule has 0 aromatic heterocycles. The molecule has 0 radical (unpaired) electrons. The van der Waals surface area contributed by atoms with E-state index in [-0.39, 0.29) is 17.9 Å². The highest BCUT2D eigenvalue weighted by molar-refractivity contribution is 9.10. The van der Waals surface area contributed by atoms with Crippen LogP contribution in [0.5, 0.6) is 0 Å². The fourth-order valence-corrected chi connectivity index (χ4v) is 5.09. The van der Waals surface area contributed by atoms with Crippen molar-refractivity contribution < 1.29 is 20.1 Å². The van der Waals surface area contributed by atoms with Gasteiger partial charge in [-0.05, 0) is 67.0 Å². The molecule has 1 fully saturated rings. The second-order valence-corrected chi connectivity index (χ2v) is 10.0. The lowest BCUT2D eigenvalue weighted by Crippen LogP contribution is -2.50. The maximum Gasteiger partial charge on any atom is 0.252 e. The molecule has 4 N–H and O–H groups in total. The second kappa shape index (κ2) is 11.6. The van der Waals surface area contributed by atoms with Gasteiger partial charge in [0.2, 0.25) is 0 Å². The van der Waals surface area contributed by atoms with Crippen molar-refractivity contribution in [1.29, 1.82) is 0 Å². The molecule has 5 nitrogen and oxygen atoms in total. The van der Waals surface area contributed by atoms with Crippen LogP contribution < -0.4 is 5.32 Å². The Morgan fingerprint density at radius 1 is 1.06 bits per heavy atom. The molecule has 1 aliphatic carbocycles. The van der Waals surface area contributed by atoms with Crippen LogP contribution in [0.4, 0.5) is 0 Å². The maximum atomic E-state index is 12.6. The molecular weight excluding hydrogens is 494 g/mol. The van der Waals surface area contributed by atoms with Crippen molar-refractivity contribution >= 4 is 33.4 Å². The van der Waals surface area contributed by atoms with Crippen molar-refractivity contribution in [2.45, 2.75) is 69.3 Å². The summed E-state index contributed by atoms with van der Waals surface area (Å²) >= 11 is 9.56. The lowest BCUT2D eigenvalue weighted by atomic mass is 9.77. The highest BCUT2D eigenvalue weighted by Crippen LogP contribution is 2.40. The molecule has 3 rings (SSSR count). The first kappa shape index (κ1) is 25.2. The number of rotatable bonds is 7. The summed E-state index contributed by atoms with van der Waals surface area (Å²) in [6.45, 7) is 1.80. The van der Waals surface area contributed by atoms with Crippen LogP contribution in [-0.2, 0) is 4.79 Å². The van der Waals surface area contributed by atoms with Crippen molar-refractivity contribution in [3.05, 3.63) is 69.2 Å². The van der Waals surface area contributed by atoms with Gasteiger partial charge in [0.15, 0.2) is 6.10 Å². The second-order valence-electron chi connectivity index (χ2n) is 8.67. The standard InChI is InChI=1S/C25H31BrClNO4/c1-15(16-10-12-18(26)13-11-16)28-25(32)24(31)23(30)22(29)21-9-4-2-3-8-20(21)17-6-5-7-19(27)14-17/h5-7,10-15,20-24,29-31H,2-4,8-9H2,1H3,(H,28,32)/t15-,20?,21?,22?,23-,24+/m0/s1. The van der Waals surface area contributed by atoms with Gasteiger partial charge in [0.1, 0.15) is 6.10 Å². The van der Waals surface area contributed by atoms with Crippen LogP contribution in [0.15, 0.2) is 53.0 Å². The summed E-state index contributed by atoms with van der Waals surface area (Å²) in [5.74, 6) is -0.991. The number of carbonyl (C=O) groups excluding carboxylic acids is 1. The normalized spacial score (nSPS) is 22.9. The molecule has 0 bridgehead atoms. The monoisotopic (exact) mass is 523 g/mol. The Hall–Kier alpha value is -1.44. The zero-order valence-electron chi connectivity index (χ0n) is 18.1. The van der Waals surface area contributed by atoms with Crippen molar-refractivity contribution in [1.82, 2.24) is 5.32 Å². The Balaban J connectivity index is 1.70. The number of hydrogen-bond donors (Lipinski definition) is 4. The van der Waals surface area contributed by atoms with E-state index in [2.05, 4.69) is 21.2 Å². The molecule has 3 unspecified atom stereocenters. The maximum absolute atomic E-state index is 12.6. The van der Waals surface area contributed by atoms with E-state index in [1.54, 1.807) is 6.92 Å². The number of carbonyl (C=O) groups is 1. The van der Waals surface area contributed by atoms with Crippen LogP contribution in [0, 0.1) is 5.92 Å². The van der Waals surface area contributed by atoms with Gasteiger partial charge in [0.25, 0.3) is 5.91 Å². The molecule has 0 spiro atoms. The number of aliphatic hydroxyl groups is 3. The molecule has 1 saturated carbocycles. The average molecular weight is 525 g/mol. The number of aliphatic hydroxyl groups excluding tert-OH is 3. The summed E-state index contributed by atoms with van der Waals surface area (Å²) in [6.07, 6.45) is 0.00309. The fourth-order valence-electron chi connectivity index (χ4n) is 4.62. The van der Waals surface area contributed by atoms with Gasteiger partial charge in [-0.3, -0.25) is 4.79 Å². The van der Waals surface area contributed by atoms with Crippen molar-refractivity contribution in [3.63, 3.8) is 0 Å². The average Bonchev–Trinajstić information content (AvgIpc) is 3.04. The molecule has 7 heteroatoms. The number of nitrogens with one attached hydrogen (secondary N) is 1. The highest BCUT2D eigenvalue weighted by atomic mass is 79.9. The molecular formula is C25H31BrClNO4. The third-order valence-electron chi connectivity index (χ3n) is 6.46. The first-order valence-electron chi connectivity index (χ1n) is 11.1. The minimum Gasteiger partial charge on any atom is -0.390 e. The van der Waals surface area contributed by atoms with Crippen LogP contribution >= 0.6 is 27.5 Å². The first-order valence-corrected chi connectivity index (χ1v) is 12.3. The molecule has 2 aromatic carbocycles. The summed E-state index contributed by atoms with van der Waals surface area (Å²) < 4.78 is 0.927. The van der Waals surface area contributed by atoms with Crippen molar-refractivity contribution in [3.8, 4) is 0 Å². The zero-order chi connectivity index (χ0) is 23.3. The van der Waals surface area contributed by atoms with Gasteiger partial charge in [-0.15, -0.1) is 0 Å². The van der Waals surface area contributed by atoms with E-state index in [1.807, 2.05) is 48.5 Å². The van der Waals surface area contributed by atoms with Crippen molar-refractivity contribution in [2.24, 2.45) is 5.92 Å². The minimum absolute atomic E-state index is 0.00204. The molecule has 32 heavy (non-hydrogen) atoms. The quantitative estimate of drug-likeness (QED) is 0.394. The summed E-state index contributed by atoms with van der Waals surface area (Å²) in [6, 6.07) is 14.7. The lowest BCUT2D eigenvalue weighted by Gasteiger charge is -2.34. The van der Waals surface area contributed by atoms with Gasteiger partial charge < -0.3 is 20.6 Å². The minimum atomic E-state index is -1.73. The van der Waals surface area contributed by atoms with Gasteiger partial charge in [0.05, 0.1) is 12.1 Å². The molecule has 0 heterocycles. The molecule has 0 saturated heterocycles. The van der Waals surface area contributed by atoms with Gasteiger partial charge in [0, 0.05) is 9.50 Å². The SMILES string of the molecule is C[C@H](NC(=O)[C@H](O)[C@@H](O)C(O)C1CCCCCC1c1cccc(Cl)c1)c1ccc(Br)cc1. The van der Waals surface area contributed by atoms with Crippen molar-refractivity contribution in [2.75, 3.05) is 0 Å². The molecule has 1 aliphatic rings. The van der Waals surface area contributed by atoms with E-state index < -0.39 is 24.2 Å². The summed E-state index contributed by atoms with van der Waals surface area (Å²) in [5.41, 5.74) is 1.88. The van der Waals surface area contributed by atoms with Crippen LogP contribution in [0.2, 0.25) is 5.02 Å². The highest BCUT2D eigenvalue weighted by Gasteiger charge is 2.39. The Morgan fingerprint density at radius 2 is 1.75 bits per heavy atom. The van der Waals surface area contributed by atoms with Gasteiger partial charge in [-0.25, -0.2) is 0 Å². The molecule has 174 valence electrons. The first-order chi connectivity index (χ1) is 15.3. The van der Waals surface area contributed by atoms with Gasteiger partial charge in [-0.2, -0.15) is 0 Å². The number of hydrogen-bond acceptors (Lipinski definition) is 4. The largest absolute Gasteiger partial charge is 0.390 e. The van der Waals surface area contributed by atoms with Gasteiger partial charge in [-0.1, -0.05) is 71.1 Å². The third kappa shape index (κ3) is 6.33. The van der Waals surface area contributed by atoms with Crippen LogP contribution in [0.25, 0.3) is 0 Å². The Kier molecular flexibility index (Phi) is 9.14. The summed E-state index contributed by atoms with van der Waals surface area (Å²) in [5, 5.41) is 35.7. The van der Waals surface area contributed by atoms with Gasteiger partial charge >= 0.3 is 0 Å². The summed E-state index contributed by atoms with van der Waals surface area (Å²) in [7, 11) is 0. The van der Waals surface area contributed by atoms with E-state index in [4.69, 9.17) is 11.6 Å². The molecule has 6 atom stereocenters. The van der Waals surface area contributed by atoms with E-state index in [0.29, 0.717) is 11.4 Å². The number of benzene rings is 2. The molecule has 2 aromatic rings. The van der Waals surface area contributed by atoms with E-state index >= 15 is 0 Å². The Bertz CT molecular complexity index is 894. The van der Waals surface area contributed by atoms with E-state index in [1.165, 1.54) is 0 Å². The predicted octanol–water partition coefficient (Wildman–Crippen LogP) is 4.73. The zero-order valence-corrected chi connectivity index (χ0v) is 20.5. The van der Waals surface area contributed by atoms with Crippen LogP contribution in [0.3, 0.4) is 0 Å². The topological polar surface area (TPSA) is 89.8 Å². The van der Waals surface area contributed by atoms with Crippen LogP contribution in [0.1, 0.15) is 62.1 Å². The number of amides is 1. The van der Waals surface area contributed by atoms with E-state index in [0.717, 1.165) is 41.3 Å². The molecule has 0 aliphatic heterocycles.